The SMILES string of the molecule is O=C1C=CC2(CC(=O)c3ccccc32)C(c2ccccc2)=C1. The van der Waals surface area contributed by atoms with Crippen molar-refractivity contribution in [1.29, 1.82) is 0 Å². The minimum Gasteiger partial charge on any atom is -0.294 e. The van der Waals surface area contributed by atoms with Gasteiger partial charge in [-0.1, -0.05) is 60.7 Å². The van der Waals surface area contributed by atoms with E-state index in [0.717, 1.165) is 22.3 Å². The third-order valence-corrected chi connectivity index (χ3v) is 4.53. The molecule has 22 heavy (non-hydrogen) atoms. The molecule has 0 bridgehead atoms. The van der Waals surface area contributed by atoms with Crippen LogP contribution in [-0.4, -0.2) is 11.6 Å². The summed E-state index contributed by atoms with van der Waals surface area (Å²) in [7, 11) is 0. The van der Waals surface area contributed by atoms with E-state index in [-0.39, 0.29) is 11.6 Å². The fourth-order valence-electron chi connectivity index (χ4n) is 3.54. The number of ketones is 2. The number of Topliss-reactive ketones (excluding diaryl/α,β-unsaturated/α-hetero) is 1. The number of benzene rings is 2. The molecule has 0 N–H and O–H groups in total. The van der Waals surface area contributed by atoms with Gasteiger partial charge in [0.1, 0.15) is 0 Å². The van der Waals surface area contributed by atoms with Gasteiger partial charge in [-0.05, 0) is 28.9 Å². The predicted molar refractivity (Wildman–Crippen MR) is 85.6 cm³/mol. The van der Waals surface area contributed by atoms with Gasteiger partial charge in [-0.3, -0.25) is 9.59 Å². The van der Waals surface area contributed by atoms with E-state index in [1.165, 1.54) is 0 Å². The van der Waals surface area contributed by atoms with E-state index in [1.807, 2.05) is 60.7 Å². The first-order chi connectivity index (χ1) is 10.7. The summed E-state index contributed by atoms with van der Waals surface area (Å²) >= 11 is 0. The van der Waals surface area contributed by atoms with Crippen molar-refractivity contribution in [3.63, 3.8) is 0 Å². The van der Waals surface area contributed by atoms with Crippen LogP contribution in [0.5, 0.6) is 0 Å². The maximum atomic E-state index is 12.5. The summed E-state index contributed by atoms with van der Waals surface area (Å²) in [5.41, 5.74) is 3.16. The number of hydrogen-bond acceptors (Lipinski definition) is 2. The molecule has 2 nitrogen and oxygen atoms in total. The lowest BCUT2D eigenvalue weighted by Crippen LogP contribution is -2.26. The summed E-state index contributed by atoms with van der Waals surface area (Å²) in [6, 6.07) is 17.5. The van der Waals surface area contributed by atoms with E-state index >= 15 is 0 Å². The van der Waals surface area contributed by atoms with Crippen molar-refractivity contribution in [2.75, 3.05) is 0 Å². The Morgan fingerprint density at radius 1 is 0.864 bits per heavy atom. The summed E-state index contributed by atoms with van der Waals surface area (Å²) in [5.74, 6) is 0.109. The van der Waals surface area contributed by atoms with Crippen molar-refractivity contribution in [3.8, 4) is 0 Å². The Balaban J connectivity index is 1.98. The number of allylic oxidation sites excluding steroid dienone is 4. The maximum Gasteiger partial charge on any atom is 0.178 e. The molecule has 0 saturated heterocycles. The monoisotopic (exact) mass is 286 g/mol. The van der Waals surface area contributed by atoms with Crippen molar-refractivity contribution < 1.29 is 9.59 Å². The number of rotatable bonds is 1. The van der Waals surface area contributed by atoms with Gasteiger partial charge in [-0.25, -0.2) is 0 Å². The van der Waals surface area contributed by atoms with Crippen molar-refractivity contribution >= 4 is 17.1 Å². The highest BCUT2D eigenvalue weighted by Gasteiger charge is 2.45. The lowest BCUT2D eigenvalue weighted by atomic mass is 9.70. The normalized spacial score (nSPS) is 22.8. The van der Waals surface area contributed by atoms with Gasteiger partial charge >= 0.3 is 0 Å². The third-order valence-electron chi connectivity index (χ3n) is 4.53. The molecule has 1 unspecified atom stereocenters. The minimum atomic E-state index is -0.511. The lowest BCUT2D eigenvalue weighted by Gasteiger charge is -2.32. The molecule has 0 aromatic heterocycles. The van der Waals surface area contributed by atoms with Crippen LogP contribution in [0.3, 0.4) is 0 Å². The second-order valence-electron chi connectivity index (χ2n) is 5.78. The minimum absolute atomic E-state index is 0.0266. The largest absolute Gasteiger partial charge is 0.294 e. The van der Waals surface area contributed by atoms with Crippen LogP contribution in [0, 0.1) is 0 Å². The molecule has 2 aliphatic rings. The molecule has 0 saturated carbocycles. The average molecular weight is 286 g/mol. The van der Waals surface area contributed by atoms with Crippen LogP contribution < -0.4 is 0 Å². The van der Waals surface area contributed by atoms with Gasteiger partial charge < -0.3 is 0 Å². The van der Waals surface area contributed by atoms with Crippen molar-refractivity contribution in [1.82, 2.24) is 0 Å². The summed E-state index contributed by atoms with van der Waals surface area (Å²) in [6.45, 7) is 0. The highest BCUT2D eigenvalue weighted by Crippen LogP contribution is 2.50. The lowest BCUT2D eigenvalue weighted by molar-refractivity contribution is -0.110. The zero-order valence-corrected chi connectivity index (χ0v) is 12.0. The maximum absolute atomic E-state index is 12.5. The highest BCUT2D eigenvalue weighted by molar-refractivity contribution is 6.13. The van der Waals surface area contributed by atoms with E-state index in [1.54, 1.807) is 12.2 Å². The van der Waals surface area contributed by atoms with Crippen molar-refractivity contribution in [2.24, 2.45) is 0 Å². The van der Waals surface area contributed by atoms with Crippen LogP contribution >= 0.6 is 0 Å². The molecule has 0 fully saturated rings. The number of fused-ring (bicyclic) bond motifs is 2. The molecule has 1 spiro atoms. The van der Waals surface area contributed by atoms with E-state index in [9.17, 15) is 9.59 Å². The van der Waals surface area contributed by atoms with Gasteiger partial charge in [0.15, 0.2) is 11.6 Å². The molecule has 106 valence electrons. The molecular formula is C20H14O2. The fraction of sp³-hybridized carbons (Fsp3) is 0.100. The molecule has 1 atom stereocenters. The van der Waals surface area contributed by atoms with Gasteiger partial charge in [0.05, 0.1) is 0 Å². The molecule has 0 amide bonds. The zero-order chi connectivity index (χ0) is 15.2. The molecule has 2 aromatic rings. The van der Waals surface area contributed by atoms with Gasteiger partial charge in [0, 0.05) is 17.4 Å². The number of carbonyl (C=O) groups is 2. The van der Waals surface area contributed by atoms with Gasteiger partial charge in [-0.15, -0.1) is 0 Å². The fourth-order valence-corrected chi connectivity index (χ4v) is 3.54. The zero-order valence-electron chi connectivity index (χ0n) is 12.0. The second kappa shape index (κ2) is 4.63. The number of hydrogen-bond donors (Lipinski definition) is 0. The molecule has 0 heterocycles. The summed E-state index contributed by atoms with van der Waals surface area (Å²) in [6.07, 6.45) is 5.55. The van der Waals surface area contributed by atoms with Gasteiger partial charge in [0.25, 0.3) is 0 Å². The van der Waals surface area contributed by atoms with E-state index < -0.39 is 5.41 Å². The van der Waals surface area contributed by atoms with E-state index in [4.69, 9.17) is 0 Å². The van der Waals surface area contributed by atoms with Crippen LogP contribution in [0.1, 0.15) is 27.9 Å². The van der Waals surface area contributed by atoms with Crippen LogP contribution in [0.2, 0.25) is 0 Å². The smallest absolute Gasteiger partial charge is 0.178 e. The molecular weight excluding hydrogens is 272 g/mol. The van der Waals surface area contributed by atoms with Crippen LogP contribution in [0.25, 0.3) is 5.57 Å². The first kappa shape index (κ1) is 13.0. The Kier molecular flexibility index (Phi) is 2.73. The Hall–Kier alpha value is -2.74. The van der Waals surface area contributed by atoms with Crippen molar-refractivity contribution in [3.05, 3.63) is 89.5 Å². The molecule has 0 aliphatic heterocycles. The first-order valence-electron chi connectivity index (χ1n) is 7.34. The second-order valence-corrected chi connectivity index (χ2v) is 5.78. The topological polar surface area (TPSA) is 34.1 Å². The Morgan fingerprint density at radius 3 is 2.41 bits per heavy atom. The van der Waals surface area contributed by atoms with Gasteiger partial charge in [0.2, 0.25) is 0 Å². The summed E-state index contributed by atoms with van der Waals surface area (Å²) in [4.78, 5) is 24.4. The quantitative estimate of drug-likeness (QED) is 0.800. The molecule has 2 aliphatic carbocycles. The van der Waals surface area contributed by atoms with E-state index in [2.05, 4.69) is 0 Å². The summed E-state index contributed by atoms with van der Waals surface area (Å²) in [5, 5.41) is 0. The Bertz CT molecular complexity index is 843. The first-order valence-corrected chi connectivity index (χ1v) is 7.34. The Labute approximate surface area is 128 Å². The average Bonchev–Trinajstić information content (AvgIpc) is 2.84. The molecule has 4 rings (SSSR count). The third kappa shape index (κ3) is 1.74. The molecule has 2 aromatic carbocycles. The molecule has 0 radical (unpaired) electrons. The van der Waals surface area contributed by atoms with Crippen LogP contribution in [0.4, 0.5) is 0 Å². The Morgan fingerprint density at radius 2 is 1.59 bits per heavy atom. The number of carbonyl (C=O) groups excluding carboxylic acids is 2. The van der Waals surface area contributed by atoms with Crippen LogP contribution in [0.15, 0.2) is 72.8 Å². The molecule has 2 heteroatoms. The highest BCUT2D eigenvalue weighted by atomic mass is 16.1. The van der Waals surface area contributed by atoms with Crippen LogP contribution in [-0.2, 0) is 10.2 Å². The van der Waals surface area contributed by atoms with Gasteiger partial charge in [-0.2, -0.15) is 0 Å². The standard InChI is InChI=1S/C20H14O2/c21-15-10-11-20(18(12-15)14-6-2-1-3-7-14)13-19(22)16-8-4-5-9-17(16)20/h1-12H,13H2. The summed E-state index contributed by atoms with van der Waals surface area (Å²) < 4.78 is 0. The predicted octanol–water partition coefficient (Wildman–Crippen LogP) is 3.73. The van der Waals surface area contributed by atoms with E-state index in [0.29, 0.717) is 6.42 Å². The van der Waals surface area contributed by atoms with Crippen molar-refractivity contribution in [2.45, 2.75) is 11.8 Å².